The zero-order chi connectivity index (χ0) is 30.1. The summed E-state index contributed by atoms with van der Waals surface area (Å²) in [5, 5.41) is 16.5. The van der Waals surface area contributed by atoms with Crippen molar-refractivity contribution in [2.45, 2.75) is 51.4 Å². The van der Waals surface area contributed by atoms with Gasteiger partial charge in [0.1, 0.15) is 11.5 Å². The Balaban J connectivity index is 1.72. The lowest BCUT2D eigenvalue weighted by Crippen LogP contribution is -2.24. The molecule has 0 radical (unpaired) electrons. The fourth-order valence-corrected chi connectivity index (χ4v) is 5.91. The van der Waals surface area contributed by atoms with Gasteiger partial charge >= 0.3 is 6.18 Å². The largest absolute Gasteiger partial charge is 0.437 e. The molecule has 4 aromatic rings. The van der Waals surface area contributed by atoms with E-state index < -0.39 is 35.1 Å². The van der Waals surface area contributed by atoms with E-state index in [1.54, 1.807) is 19.1 Å². The third-order valence-electron chi connectivity index (χ3n) is 7.25. The van der Waals surface area contributed by atoms with Crippen LogP contribution in [0.1, 0.15) is 64.9 Å². The van der Waals surface area contributed by atoms with Crippen molar-refractivity contribution in [2.75, 3.05) is 9.74 Å². The van der Waals surface area contributed by atoms with Crippen LogP contribution in [-0.2, 0) is 18.1 Å². The van der Waals surface area contributed by atoms with Gasteiger partial charge < -0.3 is 11.1 Å². The number of anilines is 1. The third-order valence-corrected chi connectivity index (χ3v) is 8.55. The Morgan fingerprint density at radius 1 is 1.22 bits per heavy atom. The van der Waals surface area contributed by atoms with Crippen molar-refractivity contribution in [1.29, 1.82) is 5.26 Å². The summed E-state index contributed by atoms with van der Waals surface area (Å²) in [6.07, 6.45) is -4.15. The molecule has 41 heavy (non-hydrogen) atoms. The number of nitriles is 1. The van der Waals surface area contributed by atoms with Crippen LogP contribution in [0, 0.1) is 24.1 Å². The summed E-state index contributed by atoms with van der Waals surface area (Å²) in [5.41, 5.74) is 5.41. The summed E-state index contributed by atoms with van der Waals surface area (Å²) in [7, 11) is 0. The second kappa shape index (κ2) is 11.6. The molecule has 7 nitrogen and oxygen atoms in total. The van der Waals surface area contributed by atoms with E-state index in [1.807, 2.05) is 19.1 Å². The van der Waals surface area contributed by atoms with Crippen LogP contribution in [0.3, 0.4) is 0 Å². The molecule has 4 rings (SSSR count). The highest BCUT2D eigenvalue weighted by molar-refractivity contribution is 14.1. The van der Waals surface area contributed by atoms with Gasteiger partial charge in [0.15, 0.2) is 5.69 Å². The highest BCUT2D eigenvalue weighted by Gasteiger charge is 2.39. The standard InChI is InChI=1S/C29H27F4IN6O/c1-4-28(14-34,15-35)19-10-8-18(9-11-19)13-40-17(3)25(26(39-40)29(31,32)33)37-16(2)20-12-23(27(36)41)38-22-7-5-6-21(30)24(20)22/h5-12,16,37H,4,13-14H2,1-3H3,(H2,36,41). The van der Waals surface area contributed by atoms with Crippen LogP contribution < -0.4 is 11.1 Å². The Hall–Kier alpha value is -3.73. The van der Waals surface area contributed by atoms with Crippen LogP contribution in [0.5, 0.6) is 0 Å². The molecule has 2 atom stereocenters. The van der Waals surface area contributed by atoms with Crippen LogP contribution in [0.15, 0.2) is 48.5 Å². The number of hydrogen-bond acceptors (Lipinski definition) is 5. The first-order valence-electron chi connectivity index (χ1n) is 12.7. The Morgan fingerprint density at radius 3 is 2.46 bits per heavy atom. The molecule has 0 saturated carbocycles. The second-order valence-electron chi connectivity index (χ2n) is 9.80. The smallest absolute Gasteiger partial charge is 0.375 e. The van der Waals surface area contributed by atoms with Gasteiger partial charge in [-0.15, -0.1) is 0 Å². The molecular weight excluding hydrogens is 651 g/mol. The average Bonchev–Trinajstić information content (AvgIpc) is 3.25. The quantitative estimate of drug-likeness (QED) is 0.115. The Kier molecular flexibility index (Phi) is 8.58. The molecule has 0 fully saturated rings. The van der Waals surface area contributed by atoms with Crippen molar-refractivity contribution in [1.82, 2.24) is 14.8 Å². The van der Waals surface area contributed by atoms with E-state index in [1.165, 1.54) is 35.9 Å². The highest BCUT2D eigenvalue weighted by atomic mass is 127. The first-order chi connectivity index (χ1) is 19.3. The van der Waals surface area contributed by atoms with Crippen molar-refractivity contribution in [2.24, 2.45) is 5.73 Å². The van der Waals surface area contributed by atoms with Gasteiger partial charge in [-0.2, -0.15) is 23.5 Å². The van der Waals surface area contributed by atoms with Crippen molar-refractivity contribution in [3.8, 4) is 6.07 Å². The topological polar surface area (TPSA) is 110 Å². The van der Waals surface area contributed by atoms with Gasteiger partial charge in [-0.3, -0.25) is 9.48 Å². The summed E-state index contributed by atoms with van der Waals surface area (Å²) < 4.78 is 59.1. The lowest BCUT2D eigenvalue weighted by Gasteiger charge is -2.23. The normalized spacial score (nSPS) is 13.9. The number of halogens is 5. The highest BCUT2D eigenvalue weighted by Crippen LogP contribution is 2.39. The minimum absolute atomic E-state index is 0.0554. The number of fused-ring (bicyclic) bond motifs is 1. The maximum absolute atomic E-state index is 14.8. The molecule has 2 aromatic heterocycles. The predicted octanol–water partition coefficient (Wildman–Crippen LogP) is 6.82. The van der Waals surface area contributed by atoms with E-state index in [2.05, 4.69) is 44.1 Å². The first kappa shape index (κ1) is 30.2. The Morgan fingerprint density at radius 2 is 1.90 bits per heavy atom. The number of nitrogens with one attached hydrogen (secondary N) is 1. The number of hydrogen-bond donors (Lipinski definition) is 2. The maximum Gasteiger partial charge on any atom is 0.437 e. The molecular formula is C29H27F4IN6O. The van der Waals surface area contributed by atoms with Crippen LogP contribution in [0.4, 0.5) is 23.2 Å². The van der Waals surface area contributed by atoms with Crippen molar-refractivity contribution < 1.29 is 22.4 Å². The number of rotatable bonds is 9. The molecule has 0 bridgehead atoms. The van der Waals surface area contributed by atoms with Crippen LogP contribution in [-0.4, -0.2) is 25.1 Å². The number of carbonyl (C=O) groups excluding carboxylic acids is 1. The lowest BCUT2D eigenvalue weighted by atomic mass is 9.81. The average molecular weight is 678 g/mol. The fraction of sp³-hybridized carbons (Fsp3) is 0.310. The number of aromatic nitrogens is 3. The molecule has 0 aliphatic rings. The van der Waals surface area contributed by atoms with Gasteiger partial charge in [0.2, 0.25) is 0 Å². The molecule has 2 unspecified atom stereocenters. The minimum Gasteiger partial charge on any atom is -0.375 e. The molecule has 1 amide bonds. The fourth-order valence-electron chi connectivity index (χ4n) is 4.76. The van der Waals surface area contributed by atoms with Gasteiger partial charge in [-0.25, -0.2) is 9.37 Å². The lowest BCUT2D eigenvalue weighted by molar-refractivity contribution is -0.140. The van der Waals surface area contributed by atoms with Crippen molar-refractivity contribution >= 4 is 45.1 Å². The number of nitrogens with zero attached hydrogens (tertiary/aromatic N) is 4. The summed E-state index contributed by atoms with van der Waals surface area (Å²) in [5.74, 6) is -1.48. The van der Waals surface area contributed by atoms with E-state index in [4.69, 9.17) is 5.73 Å². The summed E-state index contributed by atoms with van der Waals surface area (Å²) in [6.45, 7) is 5.07. The Bertz CT molecular complexity index is 1640. The number of primary amides is 1. The predicted molar refractivity (Wildman–Crippen MR) is 156 cm³/mol. The van der Waals surface area contributed by atoms with Gasteiger partial charge in [0.25, 0.3) is 5.91 Å². The molecule has 214 valence electrons. The van der Waals surface area contributed by atoms with Gasteiger partial charge in [-0.1, -0.05) is 59.8 Å². The number of benzene rings is 2. The van der Waals surface area contributed by atoms with Gasteiger partial charge in [0.05, 0.1) is 34.9 Å². The molecule has 0 aliphatic heterocycles. The molecule has 0 aliphatic carbocycles. The molecule has 2 aromatic carbocycles. The second-order valence-corrected chi connectivity index (χ2v) is 10.6. The van der Waals surface area contributed by atoms with Crippen LogP contribution >= 0.6 is 22.6 Å². The number of carbonyl (C=O) groups is 1. The van der Waals surface area contributed by atoms with Gasteiger partial charge in [0, 0.05) is 15.9 Å². The van der Waals surface area contributed by atoms with Crippen LogP contribution in [0.25, 0.3) is 10.9 Å². The molecule has 2 heterocycles. The van der Waals surface area contributed by atoms with Gasteiger partial charge in [-0.05, 0) is 55.2 Å². The zero-order valence-electron chi connectivity index (χ0n) is 22.5. The maximum atomic E-state index is 14.8. The summed E-state index contributed by atoms with van der Waals surface area (Å²) in [4.78, 5) is 16.0. The Labute approximate surface area is 247 Å². The summed E-state index contributed by atoms with van der Waals surface area (Å²) in [6, 6.07) is 14.1. The van der Waals surface area contributed by atoms with Crippen molar-refractivity contribution in [3.05, 3.63) is 88.1 Å². The number of amides is 1. The minimum atomic E-state index is -4.78. The number of pyridine rings is 1. The number of alkyl halides is 4. The first-order valence-corrected chi connectivity index (χ1v) is 14.2. The van der Waals surface area contributed by atoms with Crippen LogP contribution in [0.2, 0.25) is 0 Å². The molecule has 12 heteroatoms. The van der Waals surface area contributed by atoms with E-state index in [0.717, 1.165) is 5.56 Å². The molecule has 3 N–H and O–H groups in total. The third kappa shape index (κ3) is 5.86. The van der Waals surface area contributed by atoms with E-state index in [-0.39, 0.29) is 40.1 Å². The molecule has 0 spiro atoms. The van der Waals surface area contributed by atoms with Crippen molar-refractivity contribution in [3.63, 3.8) is 0 Å². The van der Waals surface area contributed by atoms with E-state index in [9.17, 15) is 27.6 Å². The van der Waals surface area contributed by atoms with E-state index in [0.29, 0.717) is 16.4 Å². The molecule has 0 saturated heterocycles. The number of nitrogens with two attached hydrogens (primary N) is 1. The van der Waals surface area contributed by atoms with E-state index >= 15 is 0 Å². The summed E-state index contributed by atoms with van der Waals surface area (Å²) >= 11 is 2.18. The SMILES string of the molecule is CCC(C#N)(CI)c1ccc(Cn2nc(C(F)(F)F)c(NC(C)c3cc(C(N)=O)nc4cccc(F)c34)c2C)cc1. The zero-order valence-corrected chi connectivity index (χ0v) is 24.6. The monoisotopic (exact) mass is 678 g/mol.